The SMILES string of the molecule is CC(C)OC(=O)[C@H](C)N[P@](=O)(OCCSC(=O)C(C)(C)C)OC[C@H]1O[C@@H](n2cnc3c(=O)[nH]c(N)nc32)[C@@](F)(Cl)[C@@H]1O. The molecule has 0 radical (unpaired) electrons. The number of aromatic nitrogens is 4. The van der Waals surface area contributed by atoms with Crippen LogP contribution in [-0.4, -0.2) is 84.2 Å². The fraction of sp³-hybridized carbons (Fsp3) is 0.696. The van der Waals surface area contributed by atoms with Gasteiger partial charge in [-0.1, -0.05) is 44.1 Å². The number of fused-ring (bicyclic) bond motifs is 1. The third-order valence-corrected chi connectivity index (χ3v) is 9.11. The summed E-state index contributed by atoms with van der Waals surface area (Å²) in [6, 6.07) is -1.16. The van der Waals surface area contributed by atoms with E-state index in [-0.39, 0.29) is 34.6 Å². The predicted octanol–water partition coefficient (Wildman–Crippen LogP) is 2.24. The largest absolute Gasteiger partial charge is 0.462 e. The smallest absolute Gasteiger partial charge is 0.406 e. The Bertz CT molecular complexity index is 1400. The summed E-state index contributed by atoms with van der Waals surface area (Å²) in [5.74, 6) is -0.911. The molecule has 3 heterocycles. The second-order valence-corrected chi connectivity index (χ2v) is 14.2. The molecule has 3 rings (SSSR count). The molecule has 1 aliphatic heterocycles. The van der Waals surface area contributed by atoms with Crippen molar-refractivity contribution in [3.63, 3.8) is 0 Å². The van der Waals surface area contributed by atoms with Crippen LogP contribution in [0, 0.1) is 5.41 Å². The van der Waals surface area contributed by atoms with Crippen molar-refractivity contribution in [1.82, 2.24) is 24.6 Å². The molecule has 2 aromatic rings. The monoisotopic (exact) mass is 656 g/mol. The molecule has 0 bridgehead atoms. The Morgan fingerprint density at radius 1 is 1.38 bits per heavy atom. The van der Waals surface area contributed by atoms with Gasteiger partial charge in [0, 0.05) is 11.2 Å². The van der Waals surface area contributed by atoms with E-state index in [1.54, 1.807) is 34.6 Å². The average Bonchev–Trinajstić information content (AvgIpc) is 3.37. The quantitative estimate of drug-likeness (QED) is 0.112. The molecule has 1 aliphatic rings. The Labute approximate surface area is 249 Å². The van der Waals surface area contributed by atoms with Crippen molar-refractivity contribution in [1.29, 1.82) is 0 Å². The number of esters is 1. The minimum atomic E-state index is -4.35. The lowest BCUT2D eigenvalue weighted by molar-refractivity contribution is -0.149. The third kappa shape index (κ3) is 8.08. The molecule has 1 saturated heterocycles. The number of ether oxygens (including phenoxy) is 2. The number of hydrogen-bond donors (Lipinski definition) is 4. The first-order valence-corrected chi connectivity index (χ1v) is 15.7. The molecule has 236 valence electrons. The lowest BCUT2D eigenvalue weighted by atomic mass is 10.00. The van der Waals surface area contributed by atoms with E-state index in [4.69, 9.17) is 35.9 Å². The second-order valence-electron chi connectivity index (χ2n) is 10.8. The summed E-state index contributed by atoms with van der Waals surface area (Å²) in [6.07, 6.45) is -4.71. The number of rotatable bonds is 12. The molecule has 5 N–H and O–H groups in total. The number of thioether (sulfide) groups is 1. The van der Waals surface area contributed by atoms with Gasteiger partial charge < -0.3 is 20.3 Å². The lowest BCUT2D eigenvalue weighted by Crippen LogP contribution is -2.39. The standard InChI is InChI=1S/C23H35ClFN6O9PS/c1-11(2)39-18(34)12(3)30-41(36,37-7-8-42-20(35)22(4,5)6)38-9-13-15(32)23(24,25)19(40-13)31-10-27-14-16(31)28-21(26)29-17(14)33/h10-13,15,19,32H,7-9H2,1-6H3,(H,30,36)(H3,26,28,29,33)/t12-,13+,15+,19+,23+,41-/m0/s1. The molecule has 2 aromatic heterocycles. The van der Waals surface area contributed by atoms with Gasteiger partial charge in [0.25, 0.3) is 10.7 Å². The first-order valence-electron chi connectivity index (χ1n) is 12.8. The van der Waals surface area contributed by atoms with E-state index in [1.807, 2.05) is 0 Å². The number of nitrogens with two attached hydrogens (primary N) is 1. The molecule has 15 nitrogen and oxygen atoms in total. The van der Waals surface area contributed by atoms with Crippen LogP contribution < -0.4 is 16.4 Å². The first kappa shape index (κ1) is 34.4. The summed E-state index contributed by atoms with van der Waals surface area (Å²) in [5.41, 5.74) is 3.96. The Morgan fingerprint density at radius 3 is 2.67 bits per heavy atom. The first-order chi connectivity index (χ1) is 19.4. The number of carbonyl (C=O) groups is 2. The van der Waals surface area contributed by atoms with Crippen molar-refractivity contribution in [2.45, 2.75) is 77.3 Å². The highest BCUT2D eigenvalue weighted by Crippen LogP contribution is 2.49. The van der Waals surface area contributed by atoms with Crippen molar-refractivity contribution in [3.8, 4) is 0 Å². The van der Waals surface area contributed by atoms with Gasteiger partial charge in [-0.2, -0.15) is 4.98 Å². The molecule has 0 amide bonds. The van der Waals surface area contributed by atoms with E-state index < -0.39 is 67.0 Å². The van der Waals surface area contributed by atoms with Crippen LogP contribution in [0.15, 0.2) is 11.1 Å². The Kier molecular flexibility index (Phi) is 10.9. The Morgan fingerprint density at radius 2 is 2.05 bits per heavy atom. The number of nitrogens with one attached hydrogen (secondary N) is 2. The number of anilines is 1. The fourth-order valence-corrected chi connectivity index (χ4v) is 6.32. The second kappa shape index (κ2) is 13.3. The topological polar surface area (TPSA) is 210 Å². The van der Waals surface area contributed by atoms with E-state index in [0.717, 1.165) is 22.7 Å². The van der Waals surface area contributed by atoms with Crippen LogP contribution in [0.1, 0.15) is 47.8 Å². The van der Waals surface area contributed by atoms with Crippen LogP contribution in [-0.2, 0) is 32.7 Å². The number of nitrogen functional groups attached to an aromatic ring is 1. The maximum atomic E-state index is 15.6. The van der Waals surface area contributed by atoms with Gasteiger partial charge in [0.05, 0.1) is 25.6 Å². The van der Waals surface area contributed by atoms with E-state index in [9.17, 15) is 24.1 Å². The number of imidazole rings is 1. The van der Waals surface area contributed by atoms with Gasteiger partial charge in [-0.05, 0) is 20.8 Å². The number of halogens is 2. The molecule has 0 aromatic carbocycles. The van der Waals surface area contributed by atoms with E-state index in [0.29, 0.717) is 0 Å². The van der Waals surface area contributed by atoms with E-state index >= 15 is 4.39 Å². The number of alkyl halides is 2. The summed E-state index contributed by atoms with van der Waals surface area (Å²) in [5, 5.41) is 10.0. The third-order valence-electron chi connectivity index (χ3n) is 5.74. The van der Waals surface area contributed by atoms with Crippen molar-refractivity contribution >= 4 is 59.3 Å². The highest BCUT2D eigenvalue weighted by atomic mass is 35.5. The highest BCUT2D eigenvalue weighted by molar-refractivity contribution is 8.13. The zero-order valence-electron chi connectivity index (χ0n) is 23.8. The number of H-pyrrole nitrogens is 1. The minimum Gasteiger partial charge on any atom is -0.462 e. The van der Waals surface area contributed by atoms with Crippen LogP contribution in [0.3, 0.4) is 0 Å². The normalized spacial score (nSPS) is 25.0. The molecule has 19 heteroatoms. The summed E-state index contributed by atoms with van der Waals surface area (Å²) >= 11 is 7.00. The van der Waals surface area contributed by atoms with Gasteiger partial charge >= 0.3 is 13.7 Å². The fourth-order valence-electron chi connectivity index (χ4n) is 3.64. The van der Waals surface area contributed by atoms with Gasteiger partial charge in [0.15, 0.2) is 22.5 Å². The molecule has 42 heavy (non-hydrogen) atoms. The number of hydrogen-bond acceptors (Lipinski definition) is 13. The molecule has 1 fully saturated rings. The van der Waals surface area contributed by atoms with Gasteiger partial charge in [-0.3, -0.25) is 33.0 Å². The zero-order chi connectivity index (χ0) is 31.6. The lowest BCUT2D eigenvalue weighted by Gasteiger charge is -2.25. The van der Waals surface area contributed by atoms with Crippen LogP contribution in [0.25, 0.3) is 11.2 Å². The van der Waals surface area contributed by atoms with Crippen LogP contribution in [0.2, 0.25) is 0 Å². The van der Waals surface area contributed by atoms with Gasteiger partial charge in [-0.15, -0.1) is 0 Å². The zero-order valence-corrected chi connectivity index (χ0v) is 26.3. The molecule has 0 saturated carbocycles. The Balaban J connectivity index is 1.77. The number of aliphatic hydroxyl groups excluding tert-OH is 1. The molecule has 0 aliphatic carbocycles. The van der Waals surface area contributed by atoms with Crippen molar-refractivity contribution in [3.05, 3.63) is 16.7 Å². The maximum Gasteiger partial charge on any atom is 0.406 e. The van der Waals surface area contributed by atoms with Gasteiger partial charge in [0.1, 0.15) is 18.2 Å². The van der Waals surface area contributed by atoms with Crippen LogP contribution >= 0.6 is 31.1 Å². The van der Waals surface area contributed by atoms with Gasteiger partial charge in [0.2, 0.25) is 5.95 Å². The molecule has 0 spiro atoms. The summed E-state index contributed by atoms with van der Waals surface area (Å²) < 4.78 is 51.9. The van der Waals surface area contributed by atoms with Crippen LogP contribution in [0.5, 0.6) is 0 Å². The number of aliphatic hydroxyl groups is 1. The molecule has 0 unspecified atom stereocenters. The maximum absolute atomic E-state index is 15.6. The molecular formula is C23H35ClFN6O9PS. The minimum absolute atomic E-state index is 0.110. The molecular weight excluding hydrogens is 622 g/mol. The van der Waals surface area contributed by atoms with E-state index in [1.165, 1.54) is 6.92 Å². The van der Waals surface area contributed by atoms with Crippen LogP contribution in [0.4, 0.5) is 10.3 Å². The highest BCUT2D eigenvalue weighted by Gasteiger charge is 2.58. The van der Waals surface area contributed by atoms with Crippen molar-refractivity contribution in [2.75, 3.05) is 24.7 Å². The van der Waals surface area contributed by atoms with Crippen molar-refractivity contribution in [2.24, 2.45) is 5.41 Å². The predicted molar refractivity (Wildman–Crippen MR) is 152 cm³/mol. The average molecular weight is 657 g/mol. The summed E-state index contributed by atoms with van der Waals surface area (Å²) in [4.78, 5) is 46.7. The summed E-state index contributed by atoms with van der Waals surface area (Å²) in [7, 11) is -4.35. The number of nitrogens with zero attached hydrogens (tertiary/aromatic N) is 3. The number of aromatic amines is 1. The van der Waals surface area contributed by atoms with E-state index in [2.05, 4.69) is 20.0 Å². The summed E-state index contributed by atoms with van der Waals surface area (Å²) in [6.45, 7) is 8.93. The number of carbonyl (C=O) groups excluding carboxylic acids is 2. The van der Waals surface area contributed by atoms with Crippen molar-refractivity contribution < 1.29 is 42.2 Å². The Hall–Kier alpha value is -2.11. The molecule has 6 atom stereocenters. The van der Waals surface area contributed by atoms with Gasteiger partial charge in [-0.25, -0.2) is 19.0 Å².